The lowest BCUT2D eigenvalue weighted by atomic mass is 9.68. The zero-order valence-electron chi connectivity index (χ0n) is 33.2. The molecule has 0 aromatic heterocycles. The molecule has 2 aromatic carbocycles. The van der Waals surface area contributed by atoms with E-state index < -0.39 is 0 Å². The maximum absolute atomic E-state index is 13.0. The van der Waals surface area contributed by atoms with Gasteiger partial charge in [0.1, 0.15) is 5.75 Å². The monoisotopic (exact) mass is 789 g/mol. The van der Waals surface area contributed by atoms with Crippen molar-refractivity contribution in [1.82, 2.24) is 19.4 Å². The quantitative estimate of drug-likeness (QED) is 0.202. The van der Waals surface area contributed by atoms with E-state index in [9.17, 15) is 9.59 Å². The summed E-state index contributed by atoms with van der Waals surface area (Å²) in [6.45, 7) is 16.3. The number of fused-ring (bicyclic) bond motifs is 5. The number of methoxy groups -OCH3 is 1. The second-order valence-electron chi connectivity index (χ2n) is 16.9. The van der Waals surface area contributed by atoms with Crippen LogP contribution in [0.2, 0.25) is 5.02 Å². The van der Waals surface area contributed by atoms with E-state index in [-0.39, 0.29) is 35.2 Å². The largest absolute Gasteiger partial charge is 0.490 e. The van der Waals surface area contributed by atoms with Gasteiger partial charge in [-0.1, -0.05) is 50.2 Å². The molecule has 2 aliphatic carbocycles. The molecule has 2 bridgehead atoms. The van der Waals surface area contributed by atoms with Gasteiger partial charge < -0.3 is 24.2 Å². The summed E-state index contributed by atoms with van der Waals surface area (Å²) >= 11 is 7.84. The van der Waals surface area contributed by atoms with E-state index in [4.69, 9.17) is 21.1 Å². The van der Waals surface area contributed by atoms with E-state index in [0.29, 0.717) is 24.5 Å². The average Bonchev–Trinajstić information content (AvgIpc) is 3.33. The summed E-state index contributed by atoms with van der Waals surface area (Å²) in [5.41, 5.74) is 3.78. The first kappa shape index (κ1) is 40.2. The molecule has 6 unspecified atom stereocenters. The van der Waals surface area contributed by atoms with Gasteiger partial charge in [0.15, 0.2) is 0 Å². The Hall–Kier alpha value is -3.02. The molecule has 1 N–H and O–H groups in total. The van der Waals surface area contributed by atoms with Crippen LogP contribution in [0.5, 0.6) is 5.75 Å². The van der Waals surface area contributed by atoms with Crippen molar-refractivity contribution < 1.29 is 19.1 Å². The number of benzene rings is 2. The lowest BCUT2D eigenvalue weighted by Crippen LogP contribution is -2.61. The number of hydrogen-bond acceptors (Lipinski definition) is 8. The van der Waals surface area contributed by atoms with Gasteiger partial charge in [-0.05, 0) is 123 Å². The van der Waals surface area contributed by atoms with E-state index in [0.717, 1.165) is 99.4 Å². The molecule has 4 aliphatic heterocycles. The highest BCUT2D eigenvalue weighted by Gasteiger charge is 2.44. The predicted octanol–water partition coefficient (Wildman–Crippen LogP) is 6.84. The van der Waals surface area contributed by atoms with Gasteiger partial charge in [-0.3, -0.25) is 19.2 Å². The molecule has 4 heterocycles. The highest BCUT2D eigenvalue weighted by Crippen LogP contribution is 2.47. The van der Waals surface area contributed by atoms with Crippen LogP contribution in [0.15, 0.2) is 66.1 Å². The maximum Gasteiger partial charge on any atom is 0.246 e. The second-order valence-corrected chi connectivity index (χ2v) is 18.2. The molecule has 9 nitrogen and oxygen atoms in total. The number of carbonyl (C=O) groups is 2. The average molecular weight is 791 g/mol. The third-order valence-electron chi connectivity index (χ3n) is 13.4. The number of allylic oxidation sites excluding steroid dienone is 1. The Kier molecular flexibility index (Phi) is 12.9. The number of hydrogen-bond donors (Lipinski definition) is 1. The molecule has 8 rings (SSSR count). The van der Waals surface area contributed by atoms with Crippen LogP contribution in [0.25, 0.3) is 0 Å². The number of halogens is 1. The Morgan fingerprint density at radius 1 is 1.09 bits per heavy atom. The van der Waals surface area contributed by atoms with E-state index >= 15 is 0 Å². The van der Waals surface area contributed by atoms with Crippen LogP contribution in [-0.4, -0.2) is 112 Å². The van der Waals surface area contributed by atoms with Crippen molar-refractivity contribution in [2.75, 3.05) is 78.0 Å². The topological polar surface area (TPSA) is 77.6 Å². The maximum atomic E-state index is 13.0. The van der Waals surface area contributed by atoms with Gasteiger partial charge in [0.05, 0.1) is 18.4 Å². The van der Waals surface area contributed by atoms with Crippen LogP contribution in [0, 0.1) is 23.7 Å². The minimum absolute atomic E-state index is 0.0693. The van der Waals surface area contributed by atoms with Crippen LogP contribution in [0.4, 0.5) is 5.69 Å². The van der Waals surface area contributed by atoms with E-state index in [1.165, 1.54) is 42.0 Å². The summed E-state index contributed by atoms with van der Waals surface area (Å²) in [7, 11) is 3.98. The van der Waals surface area contributed by atoms with Gasteiger partial charge in [0, 0.05) is 86.8 Å². The Morgan fingerprint density at radius 3 is 2.71 bits per heavy atom. The number of rotatable bonds is 2. The number of ether oxygens (including phenoxy) is 2. The number of nitrogens with zero attached hydrogens (tertiary/aromatic N) is 4. The first-order chi connectivity index (χ1) is 26.6. The number of carbonyl (C=O) groups excluding carboxylic acids is 2. The summed E-state index contributed by atoms with van der Waals surface area (Å²) in [5.74, 6) is 2.27. The van der Waals surface area contributed by atoms with Crippen LogP contribution in [-0.2, 0) is 26.2 Å². The highest BCUT2D eigenvalue weighted by atomic mass is 35.5. The molecule has 11 heteroatoms. The smallest absolute Gasteiger partial charge is 0.246 e. The van der Waals surface area contributed by atoms with Gasteiger partial charge in [-0.2, -0.15) is 0 Å². The zero-order chi connectivity index (χ0) is 38.7. The summed E-state index contributed by atoms with van der Waals surface area (Å²) in [4.78, 5) is 34.9. The lowest BCUT2D eigenvalue weighted by molar-refractivity contribution is -0.130. The minimum atomic E-state index is -0.0923. The first-order valence-corrected chi connectivity index (χ1v) is 21.6. The van der Waals surface area contributed by atoms with Crippen molar-refractivity contribution >= 4 is 41.1 Å². The fraction of sp³-hybridized carbons (Fsp3) is 0.591. The van der Waals surface area contributed by atoms with Crippen molar-refractivity contribution in [2.45, 2.75) is 74.8 Å². The molecular formula is C44H60ClN5O4S. The van der Waals surface area contributed by atoms with Crippen molar-refractivity contribution in [2.24, 2.45) is 23.7 Å². The van der Waals surface area contributed by atoms with Crippen LogP contribution in [0.1, 0.15) is 57.1 Å². The summed E-state index contributed by atoms with van der Waals surface area (Å²) in [5, 5.41) is 0.807. The number of anilines is 1. The van der Waals surface area contributed by atoms with Gasteiger partial charge in [-0.15, -0.1) is 0 Å². The van der Waals surface area contributed by atoms with Crippen LogP contribution >= 0.6 is 23.5 Å². The Labute approximate surface area is 337 Å². The van der Waals surface area contributed by atoms with Gasteiger partial charge in [-0.25, -0.2) is 0 Å². The molecule has 2 aromatic rings. The molecule has 55 heavy (non-hydrogen) atoms. The number of likely N-dealkylation sites (N-methyl/N-ethyl adjacent to an activating group) is 1. The molecule has 6 aliphatic rings. The number of amides is 2. The first-order valence-electron chi connectivity index (χ1n) is 20.4. The predicted molar refractivity (Wildman–Crippen MR) is 223 cm³/mol. The van der Waals surface area contributed by atoms with Gasteiger partial charge in [0.2, 0.25) is 11.8 Å². The molecule has 0 radical (unpaired) electrons. The Bertz CT molecular complexity index is 1740. The van der Waals surface area contributed by atoms with Crippen LogP contribution in [0.3, 0.4) is 0 Å². The van der Waals surface area contributed by atoms with E-state index in [2.05, 4.69) is 82.5 Å². The molecule has 2 saturated heterocycles. The number of nitrogens with one attached hydrogen (secondary N) is 1. The normalized spacial score (nSPS) is 31.8. The van der Waals surface area contributed by atoms with Gasteiger partial charge in [0.25, 0.3) is 0 Å². The summed E-state index contributed by atoms with van der Waals surface area (Å²) in [6.07, 6.45) is 12.5. The SMILES string of the molecule is C=CC(=O)N1CCN2CCN(C)CC2C1.COC1/C=C/CC(C)C(C)C(=O)NSc2ccc3c(c2)N(CC2CCC21)C[C@@]1(CCCc2cc(Cl)ccc21)CO3. The van der Waals surface area contributed by atoms with Gasteiger partial charge >= 0.3 is 0 Å². The lowest BCUT2D eigenvalue weighted by Gasteiger charge is -2.46. The van der Waals surface area contributed by atoms with Crippen molar-refractivity contribution in [3.8, 4) is 5.75 Å². The fourth-order valence-corrected chi connectivity index (χ4v) is 10.5. The van der Waals surface area contributed by atoms with Crippen molar-refractivity contribution in [1.29, 1.82) is 0 Å². The number of aryl methyl sites for hydroxylation is 1. The molecule has 3 fully saturated rings. The summed E-state index contributed by atoms with van der Waals surface area (Å²) in [6, 6.07) is 13.3. The fourth-order valence-electron chi connectivity index (χ4n) is 9.62. The highest BCUT2D eigenvalue weighted by molar-refractivity contribution is 7.98. The molecule has 1 saturated carbocycles. The van der Waals surface area contributed by atoms with E-state index in [1.807, 2.05) is 25.0 Å². The minimum Gasteiger partial charge on any atom is -0.490 e. The second kappa shape index (κ2) is 17.6. The molecular weight excluding hydrogens is 730 g/mol. The zero-order valence-corrected chi connectivity index (χ0v) is 34.8. The molecule has 1 spiro atoms. The summed E-state index contributed by atoms with van der Waals surface area (Å²) < 4.78 is 15.8. The van der Waals surface area contributed by atoms with Crippen LogP contribution < -0.4 is 14.4 Å². The Morgan fingerprint density at radius 2 is 1.93 bits per heavy atom. The van der Waals surface area contributed by atoms with Crippen molar-refractivity contribution in [3.63, 3.8) is 0 Å². The standard InChI is InChI=1S/C33H41ClN2O3S.C11H19N3O/c1-21-6-4-8-30(38-3)27-12-9-24(27)18-36-19-33(15-5-7-23-16-25(34)10-13-28(23)33)20-39-31-14-11-26(17-29(31)36)40-35-32(37)22(21)2;1-3-11(15)14-7-6-13-5-4-12(2)8-10(13)9-14/h4,8,10-11,13-14,16-17,21-22,24,27,30H,5-7,9,12,15,18-20H2,1-3H3,(H,35,37);3,10H,1,4-9H2,2H3/b8-4+;/t21?,22?,24?,27?,30?,33-;/m0./s1. The number of piperazine rings is 2. The van der Waals surface area contributed by atoms with E-state index in [1.54, 1.807) is 0 Å². The molecule has 7 atom stereocenters. The third kappa shape index (κ3) is 8.94. The Balaban J connectivity index is 0.000000259. The molecule has 2 amide bonds. The molecule has 298 valence electrons. The third-order valence-corrected chi connectivity index (χ3v) is 14.4. The van der Waals surface area contributed by atoms with Crippen molar-refractivity contribution in [3.05, 3.63) is 77.4 Å².